The van der Waals surface area contributed by atoms with Gasteiger partial charge in [-0.1, -0.05) is 57.6 Å². The van der Waals surface area contributed by atoms with E-state index < -0.39 is 16.9 Å². The lowest BCUT2D eigenvalue weighted by Gasteiger charge is -2.24. The van der Waals surface area contributed by atoms with Gasteiger partial charge in [0, 0.05) is 16.6 Å². The first kappa shape index (κ1) is 25.6. The lowest BCUT2D eigenvalue weighted by molar-refractivity contribution is -0.384. The first-order valence-corrected chi connectivity index (χ1v) is 13.2. The summed E-state index contributed by atoms with van der Waals surface area (Å²) in [5, 5.41) is 11.5. The summed E-state index contributed by atoms with van der Waals surface area (Å²) in [6.07, 6.45) is 1.57. The predicted octanol–water partition coefficient (Wildman–Crippen LogP) is 4.73. The Labute approximate surface area is 228 Å². The summed E-state index contributed by atoms with van der Waals surface area (Å²) in [7, 11) is 0. The van der Waals surface area contributed by atoms with E-state index in [4.69, 9.17) is 9.15 Å². The quantitative estimate of drug-likeness (QED) is 0.181. The molecule has 9 nitrogen and oxygen atoms in total. The Kier molecular flexibility index (Phi) is 6.96. The second-order valence-electron chi connectivity index (χ2n) is 8.33. The third-order valence-corrected chi connectivity index (χ3v) is 7.43. The lowest BCUT2D eigenvalue weighted by atomic mass is 9.96. The van der Waals surface area contributed by atoms with E-state index in [1.165, 1.54) is 22.0 Å². The van der Waals surface area contributed by atoms with Crippen LogP contribution in [-0.2, 0) is 9.53 Å². The number of halogens is 1. The van der Waals surface area contributed by atoms with Crippen LogP contribution in [-0.4, -0.2) is 22.1 Å². The fourth-order valence-electron chi connectivity index (χ4n) is 4.31. The standard InChI is InChI=1S/C27H20BrN3O6S/c1-3-36-26(33)23-15(2)29-27-30(24(23)16-7-5-4-6-8-16)25(32)22(38-27)14-18-10-12-21(37-18)19-11-9-17(28)13-20(19)31(34)35/h4-14,24H,3H2,1-2H3/b22-14+/t24-/m0/s1. The summed E-state index contributed by atoms with van der Waals surface area (Å²) in [6.45, 7) is 3.64. The Morgan fingerprint density at radius 1 is 1.24 bits per heavy atom. The number of aromatic nitrogens is 1. The van der Waals surface area contributed by atoms with Crippen molar-refractivity contribution in [3.63, 3.8) is 0 Å². The molecule has 5 rings (SSSR count). The van der Waals surface area contributed by atoms with Gasteiger partial charge in [0.1, 0.15) is 11.5 Å². The molecule has 1 atom stereocenters. The molecule has 0 saturated carbocycles. The summed E-state index contributed by atoms with van der Waals surface area (Å²) in [5.41, 5.74) is 1.40. The number of carbonyl (C=O) groups is 1. The number of nitro benzene ring substituents is 1. The second kappa shape index (κ2) is 10.3. The highest BCUT2D eigenvalue weighted by Crippen LogP contribution is 2.34. The average Bonchev–Trinajstić information content (AvgIpc) is 3.48. The van der Waals surface area contributed by atoms with Gasteiger partial charge in [0.05, 0.1) is 38.9 Å². The maximum absolute atomic E-state index is 13.7. The normalized spacial score (nSPS) is 15.2. The number of esters is 1. The van der Waals surface area contributed by atoms with Crippen LogP contribution in [0.4, 0.5) is 5.69 Å². The van der Waals surface area contributed by atoms with Crippen LogP contribution in [0, 0.1) is 10.1 Å². The summed E-state index contributed by atoms with van der Waals surface area (Å²) < 4.78 is 13.6. The van der Waals surface area contributed by atoms with E-state index in [2.05, 4.69) is 20.9 Å². The van der Waals surface area contributed by atoms with Crippen molar-refractivity contribution in [2.45, 2.75) is 19.9 Å². The molecule has 38 heavy (non-hydrogen) atoms. The molecule has 1 aliphatic rings. The highest BCUT2D eigenvalue weighted by molar-refractivity contribution is 9.10. The molecule has 2 aromatic heterocycles. The fourth-order valence-corrected chi connectivity index (χ4v) is 5.69. The molecular formula is C27H20BrN3O6S. The first-order chi connectivity index (χ1) is 18.3. The zero-order valence-electron chi connectivity index (χ0n) is 20.2. The Balaban J connectivity index is 1.63. The topological polar surface area (TPSA) is 117 Å². The Bertz CT molecular complexity index is 1780. The van der Waals surface area contributed by atoms with Gasteiger partial charge >= 0.3 is 5.97 Å². The van der Waals surface area contributed by atoms with E-state index in [1.807, 2.05) is 30.3 Å². The maximum Gasteiger partial charge on any atom is 0.338 e. The van der Waals surface area contributed by atoms with Crippen LogP contribution >= 0.6 is 27.3 Å². The fraction of sp³-hybridized carbons (Fsp3) is 0.148. The number of rotatable bonds is 6. The van der Waals surface area contributed by atoms with E-state index in [1.54, 1.807) is 44.2 Å². The van der Waals surface area contributed by atoms with Crippen LogP contribution in [0.1, 0.15) is 31.2 Å². The molecule has 1 aliphatic heterocycles. The zero-order valence-corrected chi connectivity index (χ0v) is 22.6. The molecule has 0 bridgehead atoms. The number of ether oxygens (including phenoxy) is 1. The number of nitro groups is 1. The van der Waals surface area contributed by atoms with Crippen molar-refractivity contribution >= 4 is 45.0 Å². The number of benzene rings is 2. The Morgan fingerprint density at radius 2 is 2.00 bits per heavy atom. The van der Waals surface area contributed by atoms with E-state index >= 15 is 0 Å². The lowest BCUT2D eigenvalue weighted by Crippen LogP contribution is -2.39. The number of allylic oxidation sites excluding steroid dienone is 1. The minimum Gasteiger partial charge on any atom is -0.463 e. The Hall–Kier alpha value is -4.09. The molecule has 0 fully saturated rings. The maximum atomic E-state index is 13.7. The molecule has 192 valence electrons. The molecule has 4 aromatic rings. The van der Waals surface area contributed by atoms with Gasteiger partial charge in [-0.15, -0.1) is 0 Å². The SMILES string of the molecule is CCOC(=O)C1=C(C)N=c2s/c(=C/c3ccc(-c4ccc(Br)cc4[N+](=O)[O-])o3)c(=O)n2[C@H]1c1ccccc1. The summed E-state index contributed by atoms with van der Waals surface area (Å²) in [6, 6.07) is 16.5. The number of thiazole rings is 1. The molecule has 11 heteroatoms. The number of carbonyl (C=O) groups excluding carboxylic acids is 1. The van der Waals surface area contributed by atoms with Gasteiger partial charge in [-0.05, 0) is 43.7 Å². The molecular weight excluding hydrogens is 574 g/mol. The van der Waals surface area contributed by atoms with Crippen LogP contribution in [0.15, 0.2) is 90.6 Å². The van der Waals surface area contributed by atoms with Gasteiger partial charge in [-0.3, -0.25) is 19.5 Å². The molecule has 0 saturated heterocycles. The minimum absolute atomic E-state index is 0.107. The summed E-state index contributed by atoms with van der Waals surface area (Å²) >= 11 is 4.42. The first-order valence-electron chi connectivity index (χ1n) is 11.6. The van der Waals surface area contributed by atoms with Crippen LogP contribution in [0.5, 0.6) is 0 Å². The van der Waals surface area contributed by atoms with Gasteiger partial charge < -0.3 is 9.15 Å². The number of hydrogen-bond acceptors (Lipinski definition) is 8. The number of nitrogens with zero attached hydrogens (tertiary/aromatic N) is 3. The van der Waals surface area contributed by atoms with Crippen molar-refractivity contribution in [2.24, 2.45) is 4.99 Å². The van der Waals surface area contributed by atoms with E-state index in [0.717, 1.165) is 5.56 Å². The van der Waals surface area contributed by atoms with Crippen molar-refractivity contribution in [3.8, 4) is 11.3 Å². The average molecular weight is 594 g/mol. The van der Waals surface area contributed by atoms with Crippen molar-refractivity contribution < 1.29 is 18.9 Å². The number of hydrogen-bond donors (Lipinski definition) is 0. The smallest absolute Gasteiger partial charge is 0.338 e. The highest BCUT2D eigenvalue weighted by Gasteiger charge is 2.33. The van der Waals surface area contributed by atoms with Gasteiger partial charge in [0.2, 0.25) is 0 Å². The van der Waals surface area contributed by atoms with Gasteiger partial charge in [-0.25, -0.2) is 9.79 Å². The van der Waals surface area contributed by atoms with Gasteiger partial charge in [0.25, 0.3) is 11.2 Å². The molecule has 0 N–H and O–H groups in total. The number of fused-ring (bicyclic) bond motifs is 1. The van der Waals surface area contributed by atoms with Crippen LogP contribution in [0.25, 0.3) is 17.4 Å². The largest absolute Gasteiger partial charge is 0.463 e. The highest BCUT2D eigenvalue weighted by atomic mass is 79.9. The van der Waals surface area contributed by atoms with Crippen LogP contribution in [0.2, 0.25) is 0 Å². The van der Waals surface area contributed by atoms with Gasteiger partial charge in [-0.2, -0.15) is 0 Å². The predicted molar refractivity (Wildman–Crippen MR) is 145 cm³/mol. The summed E-state index contributed by atoms with van der Waals surface area (Å²) in [4.78, 5) is 42.6. The molecule has 3 heterocycles. The van der Waals surface area contributed by atoms with Crippen LogP contribution < -0.4 is 14.9 Å². The third-order valence-electron chi connectivity index (χ3n) is 5.95. The molecule has 0 unspecified atom stereocenters. The van der Waals surface area contributed by atoms with Crippen molar-refractivity contribution in [3.05, 3.63) is 118 Å². The van der Waals surface area contributed by atoms with E-state index in [-0.39, 0.29) is 17.9 Å². The number of furan rings is 1. The van der Waals surface area contributed by atoms with Crippen molar-refractivity contribution in [1.29, 1.82) is 0 Å². The second-order valence-corrected chi connectivity index (χ2v) is 10.3. The molecule has 0 spiro atoms. The molecule has 0 aliphatic carbocycles. The molecule has 0 radical (unpaired) electrons. The van der Waals surface area contributed by atoms with Crippen molar-refractivity contribution in [2.75, 3.05) is 6.61 Å². The third kappa shape index (κ3) is 4.66. The summed E-state index contributed by atoms with van der Waals surface area (Å²) in [5.74, 6) is 0.120. The van der Waals surface area contributed by atoms with Crippen LogP contribution in [0.3, 0.4) is 0 Å². The Morgan fingerprint density at radius 3 is 2.71 bits per heavy atom. The van der Waals surface area contributed by atoms with Gasteiger partial charge in [0.15, 0.2) is 4.80 Å². The molecule has 0 amide bonds. The molecule has 2 aromatic carbocycles. The minimum atomic E-state index is -0.703. The zero-order chi connectivity index (χ0) is 27.0. The van der Waals surface area contributed by atoms with E-state index in [0.29, 0.717) is 42.2 Å². The van der Waals surface area contributed by atoms with Crippen molar-refractivity contribution in [1.82, 2.24) is 4.57 Å². The monoisotopic (exact) mass is 593 g/mol. The van der Waals surface area contributed by atoms with E-state index in [9.17, 15) is 19.7 Å².